The lowest BCUT2D eigenvalue weighted by Gasteiger charge is -2.13. The number of fused-ring (bicyclic) bond motifs is 2. The highest BCUT2D eigenvalue weighted by atomic mass is 16.5. The number of aromatic nitrogens is 4. The molecule has 1 aromatic carbocycles. The van der Waals surface area contributed by atoms with Gasteiger partial charge in [0.15, 0.2) is 0 Å². The van der Waals surface area contributed by atoms with Gasteiger partial charge in [0.2, 0.25) is 5.95 Å². The van der Waals surface area contributed by atoms with E-state index < -0.39 is 6.10 Å². The summed E-state index contributed by atoms with van der Waals surface area (Å²) >= 11 is 0. The Morgan fingerprint density at radius 3 is 3.00 bits per heavy atom. The van der Waals surface area contributed by atoms with Crippen LogP contribution in [0.1, 0.15) is 19.6 Å². The molecule has 8 nitrogen and oxygen atoms in total. The van der Waals surface area contributed by atoms with Gasteiger partial charge in [-0.25, -0.2) is 9.97 Å². The van der Waals surface area contributed by atoms with Crippen LogP contribution in [0.3, 0.4) is 0 Å². The van der Waals surface area contributed by atoms with Crippen LogP contribution in [0, 0.1) is 0 Å². The van der Waals surface area contributed by atoms with Crippen LogP contribution >= 0.6 is 0 Å². The number of rotatable bonds is 1. The van der Waals surface area contributed by atoms with Gasteiger partial charge in [-0.05, 0) is 19.1 Å². The highest BCUT2D eigenvalue weighted by molar-refractivity contribution is 5.93. The Labute approximate surface area is 124 Å². The van der Waals surface area contributed by atoms with E-state index in [1.807, 2.05) is 11.5 Å². The van der Waals surface area contributed by atoms with Crippen molar-refractivity contribution in [2.45, 2.75) is 31.8 Å². The molecule has 3 heterocycles. The Hall–Kier alpha value is -2.45. The van der Waals surface area contributed by atoms with E-state index in [1.54, 1.807) is 18.5 Å². The van der Waals surface area contributed by atoms with Gasteiger partial charge in [0.05, 0.1) is 40.5 Å². The molecule has 1 aliphatic heterocycles. The standard InChI is InChI=1S/C14H15N5O3/c1-6-11(20)4-12(22-6)19-5-16-9-2-7-8(3-10(9)19)17-14(15)18-13(7)21/h2-3,5-6,11-12,20H,4H2,1H3,(H3,15,17,18,21)/t6-,11-,12-/m1/s1. The van der Waals surface area contributed by atoms with Crippen LogP contribution in [0.25, 0.3) is 21.9 Å². The molecule has 2 aromatic heterocycles. The van der Waals surface area contributed by atoms with E-state index >= 15 is 0 Å². The second-order valence-electron chi connectivity index (χ2n) is 5.56. The molecule has 22 heavy (non-hydrogen) atoms. The van der Waals surface area contributed by atoms with Gasteiger partial charge in [0.1, 0.15) is 6.23 Å². The minimum absolute atomic E-state index is 0.0732. The van der Waals surface area contributed by atoms with Gasteiger partial charge < -0.3 is 20.1 Å². The Kier molecular flexibility index (Phi) is 2.72. The van der Waals surface area contributed by atoms with Gasteiger partial charge >= 0.3 is 0 Å². The molecule has 3 aromatic rings. The number of nitrogens with one attached hydrogen (secondary N) is 1. The van der Waals surface area contributed by atoms with Crippen LogP contribution in [0.15, 0.2) is 23.3 Å². The smallest absolute Gasteiger partial charge is 0.260 e. The molecule has 4 rings (SSSR count). The van der Waals surface area contributed by atoms with Gasteiger partial charge in [-0.2, -0.15) is 0 Å². The van der Waals surface area contributed by atoms with Crippen molar-refractivity contribution in [2.24, 2.45) is 0 Å². The van der Waals surface area contributed by atoms with Crippen molar-refractivity contribution < 1.29 is 9.84 Å². The predicted molar refractivity (Wildman–Crippen MR) is 80.3 cm³/mol. The van der Waals surface area contributed by atoms with Crippen LogP contribution in [-0.2, 0) is 4.74 Å². The summed E-state index contributed by atoms with van der Waals surface area (Å²) in [6.45, 7) is 1.83. The highest BCUT2D eigenvalue weighted by Crippen LogP contribution is 2.31. The number of H-pyrrole nitrogens is 1. The number of imidazole rings is 1. The third-order valence-corrected chi connectivity index (χ3v) is 4.09. The first-order valence-corrected chi connectivity index (χ1v) is 7.02. The minimum atomic E-state index is -0.500. The summed E-state index contributed by atoms with van der Waals surface area (Å²) in [5.74, 6) is 0.0732. The van der Waals surface area contributed by atoms with E-state index in [0.29, 0.717) is 22.8 Å². The number of aliphatic hydroxyl groups is 1. The van der Waals surface area contributed by atoms with Crippen molar-refractivity contribution in [1.82, 2.24) is 19.5 Å². The molecule has 0 amide bonds. The molecule has 4 N–H and O–H groups in total. The zero-order valence-electron chi connectivity index (χ0n) is 11.9. The number of benzene rings is 1. The summed E-state index contributed by atoms with van der Waals surface area (Å²) in [5, 5.41) is 10.3. The first-order chi connectivity index (χ1) is 10.5. The number of hydrogen-bond donors (Lipinski definition) is 3. The molecule has 1 saturated heterocycles. The Morgan fingerprint density at radius 1 is 1.45 bits per heavy atom. The van der Waals surface area contributed by atoms with Crippen LogP contribution in [0.2, 0.25) is 0 Å². The Morgan fingerprint density at radius 2 is 2.27 bits per heavy atom. The third-order valence-electron chi connectivity index (χ3n) is 4.09. The fourth-order valence-electron chi connectivity index (χ4n) is 2.88. The first kappa shape index (κ1) is 13.2. The van der Waals surface area contributed by atoms with Gasteiger partial charge in [-0.3, -0.25) is 9.78 Å². The molecule has 8 heteroatoms. The summed E-state index contributed by atoms with van der Waals surface area (Å²) in [5.41, 5.74) is 7.26. The number of ether oxygens (including phenoxy) is 1. The SMILES string of the molecule is C[C@H]1O[C@@H](n2cnc3cc4c(=O)[nH]c(N)nc4cc32)C[C@H]1O. The molecule has 0 aliphatic carbocycles. The van der Waals surface area contributed by atoms with Crippen molar-refractivity contribution >= 4 is 27.9 Å². The van der Waals surface area contributed by atoms with Crippen molar-refractivity contribution in [2.75, 3.05) is 5.73 Å². The number of nitrogens with zero attached hydrogens (tertiary/aromatic N) is 3. The van der Waals surface area contributed by atoms with Crippen LogP contribution < -0.4 is 11.3 Å². The van der Waals surface area contributed by atoms with Crippen molar-refractivity contribution in [1.29, 1.82) is 0 Å². The molecule has 0 bridgehead atoms. The van der Waals surface area contributed by atoms with Gasteiger partial charge in [-0.15, -0.1) is 0 Å². The van der Waals surface area contributed by atoms with Crippen molar-refractivity contribution in [3.8, 4) is 0 Å². The lowest BCUT2D eigenvalue weighted by atomic mass is 10.2. The highest BCUT2D eigenvalue weighted by Gasteiger charge is 2.32. The van der Waals surface area contributed by atoms with E-state index in [4.69, 9.17) is 10.5 Å². The maximum absolute atomic E-state index is 11.9. The third kappa shape index (κ3) is 1.88. The molecular formula is C14H15N5O3. The zero-order valence-corrected chi connectivity index (χ0v) is 11.9. The summed E-state index contributed by atoms with van der Waals surface area (Å²) in [4.78, 5) is 22.9. The molecule has 0 saturated carbocycles. The molecule has 114 valence electrons. The van der Waals surface area contributed by atoms with Crippen LogP contribution in [-0.4, -0.2) is 36.8 Å². The second-order valence-corrected chi connectivity index (χ2v) is 5.56. The Bertz CT molecular complexity index is 921. The maximum Gasteiger partial charge on any atom is 0.260 e. The topological polar surface area (TPSA) is 119 Å². The maximum atomic E-state index is 11.9. The summed E-state index contributed by atoms with van der Waals surface area (Å²) in [6.07, 6.45) is 1.14. The number of aliphatic hydroxyl groups excluding tert-OH is 1. The average molecular weight is 301 g/mol. The fraction of sp³-hybridized carbons (Fsp3) is 0.357. The summed E-state index contributed by atoms with van der Waals surface area (Å²) in [6, 6.07) is 3.45. The summed E-state index contributed by atoms with van der Waals surface area (Å²) < 4.78 is 7.59. The normalized spacial score (nSPS) is 25.3. The minimum Gasteiger partial charge on any atom is -0.390 e. The van der Waals surface area contributed by atoms with Crippen LogP contribution in [0.4, 0.5) is 5.95 Å². The number of hydrogen-bond acceptors (Lipinski definition) is 6. The molecule has 1 aliphatic rings. The number of anilines is 1. The average Bonchev–Trinajstić information content (AvgIpc) is 3.00. The molecule has 3 atom stereocenters. The van der Waals surface area contributed by atoms with Gasteiger partial charge in [0, 0.05) is 6.42 Å². The molecule has 0 radical (unpaired) electrons. The molecule has 1 fully saturated rings. The predicted octanol–water partition coefficient (Wildman–Crippen LogP) is 0.523. The lowest BCUT2D eigenvalue weighted by Crippen LogP contribution is -2.15. The van der Waals surface area contributed by atoms with E-state index in [-0.39, 0.29) is 23.8 Å². The Balaban J connectivity index is 1.91. The lowest BCUT2D eigenvalue weighted by molar-refractivity contribution is -0.00609. The second kappa shape index (κ2) is 4.52. The van der Waals surface area contributed by atoms with E-state index in [2.05, 4.69) is 15.0 Å². The quantitative estimate of drug-likeness (QED) is 0.603. The zero-order chi connectivity index (χ0) is 15.4. The van der Waals surface area contributed by atoms with E-state index in [0.717, 1.165) is 5.52 Å². The fourth-order valence-corrected chi connectivity index (χ4v) is 2.88. The van der Waals surface area contributed by atoms with E-state index in [9.17, 15) is 9.90 Å². The molecule has 0 unspecified atom stereocenters. The largest absolute Gasteiger partial charge is 0.390 e. The van der Waals surface area contributed by atoms with Gasteiger partial charge in [-0.1, -0.05) is 0 Å². The molecular weight excluding hydrogens is 286 g/mol. The first-order valence-electron chi connectivity index (χ1n) is 7.02. The van der Waals surface area contributed by atoms with Crippen molar-refractivity contribution in [3.63, 3.8) is 0 Å². The molecule has 0 spiro atoms. The monoisotopic (exact) mass is 301 g/mol. The van der Waals surface area contributed by atoms with Crippen LogP contribution in [0.5, 0.6) is 0 Å². The number of aromatic amines is 1. The number of nitrogens with two attached hydrogens (primary N) is 1. The van der Waals surface area contributed by atoms with Gasteiger partial charge in [0.25, 0.3) is 5.56 Å². The van der Waals surface area contributed by atoms with Crippen molar-refractivity contribution in [3.05, 3.63) is 28.8 Å². The number of nitrogen functional groups attached to an aromatic ring is 1. The summed E-state index contributed by atoms with van der Waals surface area (Å²) in [7, 11) is 0. The van der Waals surface area contributed by atoms with E-state index in [1.165, 1.54) is 0 Å².